The van der Waals surface area contributed by atoms with Crippen molar-refractivity contribution in [3.05, 3.63) is 65.7 Å². The standard InChI is InChI=1S/C20H22N2O3/c1-24-13-14-25-18-9-7-16(8-10-18)15-20(23)22-19(11-12-21)17-5-3-2-4-6-17/h2-10,19H,11,13-15H2,1H3,(H,22,23)/t19-/m1/s1. The van der Waals surface area contributed by atoms with Crippen LogP contribution in [0.4, 0.5) is 0 Å². The Morgan fingerprint density at radius 2 is 1.84 bits per heavy atom. The van der Waals surface area contributed by atoms with Gasteiger partial charge in [-0.3, -0.25) is 4.79 Å². The third-order valence-electron chi connectivity index (χ3n) is 3.68. The molecule has 0 aromatic heterocycles. The van der Waals surface area contributed by atoms with E-state index >= 15 is 0 Å². The summed E-state index contributed by atoms with van der Waals surface area (Å²) in [5, 5.41) is 11.9. The molecule has 0 radical (unpaired) electrons. The molecule has 0 aliphatic carbocycles. The van der Waals surface area contributed by atoms with Crippen LogP contribution < -0.4 is 10.1 Å². The molecule has 1 amide bonds. The number of hydrogen-bond acceptors (Lipinski definition) is 4. The Labute approximate surface area is 148 Å². The monoisotopic (exact) mass is 338 g/mol. The first-order chi connectivity index (χ1) is 12.2. The van der Waals surface area contributed by atoms with Crippen molar-refractivity contribution in [2.75, 3.05) is 20.3 Å². The molecule has 0 bridgehead atoms. The smallest absolute Gasteiger partial charge is 0.224 e. The van der Waals surface area contributed by atoms with Crippen molar-refractivity contribution in [3.63, 3.8) is 0 Å². The average molecular weight is 338 g/mol. The summed E-state index contributed by atoms with van der Waals surface area (Å²) in [4.78, 5) is 12.3. The van der Waals surface area contributed by atoms with E-state index in [1.165, 1.54) is 0 Å². The first kappa shape index (κ1) is 18.5. The Balaban J connectivity index is 1.91. The van der Waals surface area contributed by atoms with E-state index < -0.39 is 0 Å². The van der Waals surface area contributed by atoms with E-state index in [1.54, 1.807) is 7.11 Å². The highest BCUT2D eigenvalue weighted by atomic mass is 16.5. The van der Waals surface area contributed by atoms with Gasteiger partial charge in [-0.25, -0.2) is 0 Å². The Kier molecular flexibility index (Phi) is 7.48. The third kappa shape index (κ3) is 6.28. The topological polar surface area (TPSA) is 71.3 Å². The normalized spacial score (nSPS) is 11.4. The van der Waals surface area contributed by atoms with E-state index in [0.29, 0.717) is 13.2 Å². The number of carbonyl (C=O) groups excluding carboxylic acids is 1. The van der Waals surface area contributed by atoms with Crippen molar-refractivity contribution in [2.45, 2.75) is 18.9 Å². The Bertz CT molecular complexity index is 693. The number of amides is 1. The van der Waals surface area contributed by atoms with Gasteiger partial charge in [0.15, 0.2) is 0 Å². The second-order valence-electron chi connectivity index (χ2n) is 5.56. The summed E-state index contributed by atoms with van der Waals surface area (Å²) in [5.74, 6) is 0.630. The number of rotatable bonds is 9. The zero-order valence-corrected chi connectivity index (χ0v) is 14.3. The fourth-order valence-corrected chi connectivity index (χ4v) is 2.41. The molecule has 0 aliphatic rings. The summed E-state index contributed by atoms with van der Waals surface area (Å²) in [6.45, 7) is 1.02. The van der Waals surface area contributed by atoms with E-state index in [2.05, 4.69) is 11.4 Å². The highest BCUT2D eigenvalue weighted by molar-refractivity contribution is 5.79. The first-order valence-corrected chi connectivity index (χ1v) is 8.15. The molecule has 0 saturated heterocycles. The van der Waals surface area contributed by atoms with E-state index in [4.69, 9.17) is 14.7 Å². The van der Waals surface area contributed by atoms with E-state index in [1.807, 2.05) is 54.6 Å². The van der Waals surface area contributed by atoms with Crippen LogP contribution in [0.2, 0.25) is 0 Å². The fourth-order valence-electron chi connectivity index (χ4n) is 2.41. The molecule has 0 aliphatic heterocycles. The van der Waals surface area contributed by atoms with Gasteiger partial charge >= 0.3 is 0 Å². The third-order valence-corrected chi connectivity index (χ3v) is 3.68. The maximum atomic E-state index is 12.3. The largest absolute Gasteiger partial charge is 0.491 e. The molecule has 5 heteroatoms. The van der Waals surface area contributed by atoms with E-state index in [-0.39, 0.29) is 24.8 Å². The second-order valence-corrected chi connectivity index (χ2v) is 5.56. The molecule has 1 atom stereocenters. The quantitative estimate of drug-likeness (QED) is 0.714. The molecular weight excluding hydrogens is 316 g/mol. The second kappa shape index (κ2) is 10.1. The van der Waals surface area contributed by atoms with Crippen LogP contribution in [0.1, 0.15) is 23.6 Å². The number of methoxy groups -OCH3 is 1. The molecule has 0 spiro atoms. The summed E-state index contributed by atoms with van der Waals surface area (Å²) in [7, 11) is 1.63. The SMILES string of the molecule is COCCOc1ccc(CC(=O)N[C@H](CC#N)c2ccccc2)cc1. The van der Waals surface area contributed by atoms with Gasteiger partial charge in [0.05, 0.1) is 31.6 Å². The van der Waals surface area contributed by atoms with Gasteiger partial charge in [0.1, 0.15) is 12.4 Å². The first-order valence-electron chi connectivity index (χ1n) is 8.15. The Hall–Kier alpha value is -2.84. The van der Waals surface area contributed by atoms with Crippen molar-refractivity contribution in [1.29, 1.82) is 5.26 Å². The highest BCUT2D eigenvalue weighted by Crippen LogP contribution is 2.17. The summed E-state index contributed by atoms with van der Waals surface area (Å²) in [6.07, 6.45) is 0.495. The minimum absolute atomic E-state index is 0.114. The predicted octanol–water partition coefficient (Wildman–Crippen LogP) is 3.03. The van der Waals surface area contributed by atoms with Crippen molar-refractivity contribution in [1.82, 2.24) is 5.32 Å². The van der Waals surface area contributed by atoms with Crippen molar-refractivity contribution < 1.29 is 14.3 Å². The number of nitrogens with one attached hydrogen (secondary N) is 1. The van der Waals surface area contributed by atoms with Crippen LogP contribution in [0.5, 0.6) is 5.75 Å². The van der Waals surface area contributed by atoms with Gasteiger partial charge in [-0.2, -0.15) is 5.26 Å². The van der Waals surface area contributed by atoms with Gasteiger partial charge in [-0.05, 0) is 23.3 Å². The molecule has 1 N–H and O–H groups in total. The molecule has 2 aromatic carbocycles. The number of nitriles is 1. The molecule has 2 aromatic rings. The van der Waals surface area contributed by atoms with Crippen molar-refractivity contribution in [3.8, 4) is 11.8 Å². The van der Waals surface area contributed by atoms with Crippen LogP contribution in [-0.4, -0.2) is 26.2 Å². The average Bonchev–Trinajstić information content (AvgIpc) is 2.64. The molecular formula is C20H22N2O3. The molecule has 5 nitrogen and oxygen atoms in total. The Morgan fingerprint density at radius 1 is 1.12 bits per heavy atom. The lowest BCUT2D eigenvalue weighted by Gasteiger charge is -2.16. The number of benzene rings is 2. The van der Waals surface area contributed by atoms with Crippen molar-refractivity contribution in [2.24, 2.45) is 0 Å². The lowest BCUT2D eigenvalue weighted by atomic mass is 10.0. The minimum Gasteiger partial charge on any atom is -0.491 e. The lowest BCUT2D eigenvalue weighted by molar-refractivity contribution is -0.121. The number of hydrogen-bond donors (Lipinski definition) is 1. The summed E-state index contributed by atoms with van der Waals surface area (Å²) in [5.41, 5.74) is 1.82. The maximum absolute atomic E-state index is 12.3. The van der Waals surface area contributed by atoms with Gasteiger partial charge in [0.25, 0.3) is 0 Å². The van der Waals surface area contributed by atoms with Crippen LogP contribution >= 0.6 is 0 Å². The van der Waals surface area contributed by atoms with Crippen LogP contribution in [0.3, 0.4) is 0 Å². The van der Waals surface area contributed by atoms with Crippen LogP contribution in [0.15, 0.2) is 54.6 Å². The highest BCUT2D eigenvalue weighted by Gasteiger charge is 2.14. The number of carbonyl (C=O) groups is 1. The number of ether oxygens (including phenoxy) is 2. The van der Waals surface area contributed by atoms with Gasteiger partial charge < -0.3 is 14.8 Å². The summed E-state index contributed by atoms with van der Waals surface area (Å²) in [6, 6.07) is 18.8. The molecule has 0 fully saturated rings. The fraction of sp³-hybridized carbons (Fsp3) is 0.300. The van der Waals surface area contributed by atoms with Gasteiger partial charge in [-0.15, -0.1) is 0 Å². The van der Waals surface area contributed by atoms with Crippen LogP contribution in [-0.2, 0) is 16.0 Å². The molecule has 25 heavy (non-hydrogen) atoms. The van der Waals surface area contributed by atoms with Crippen molar-refractivity contribution >= 4 is 5.91 Å². The summed E-state index contributed by atoms with van der Waals surface area (Å²) < 4.78 is 10.4. The Morgan fingerprint density at radius 3 is 2.48 bits per heavy atom. The number of nitrogens with zero attached hydrogens (tertiary/aromatic N) is 1. The molecule has 0 heterocycles. The minimum atomic E-state index is -0.296. The van der Waals surface area contributed by atoms with Crippen LogP contribution in [0.25, 0.3) is 0 Å². The molecule has 0 unspecified atom stereocenters. The molecule has 130 valence electrons. The van der Waals surface area contributed by atoms with Gasteiger partial charge in [0, 0.05) is 7.11 Å². The molecule has 0 saturated carbocycles. The lowest BCUT2D eigenvalue weighted by Crippen LogP contribution is -2.29. The zero-order valence-electron chi connectivity index (χ0n) is 14.3. The van der Waals surface area contributed by atoms with E-state index in [9.17, 15) is 4.79 Å². The van der Waals surface area contributed by atoms with E-state index in [0.717, 1.165) is 16.9 Å². The maximum Gasteiger partial charge on any atom is 0.224 e. The van der Waals surface area contributed by atoms with Gasteiger partial charge in [0.2, 0.25) is 5.91 Å². The van der Waals surface area contributed by atoms with Gasteiger partial charge in [-0.1, -0.05) is 42.5 Å². The molecule has 2 rings (SSSR count). The van der Waals surface area contributed by atoms with Crippen LogP contribution in [0, 0.1) is 11.3 Å². The predicted molar refractivity (Wildman–Crippen MR) is 95.1 cm³/mol. The summed E-state index contributed by atoms with van der Waals surface area (Å²) >= 11 is 0. The zero-order chi connectivity index (χ0) is 17.9.